The van der Waals surface area contributed by atoms with Crippen LogP contribution < -0.4 is 10.2 Å². The number of carbonyl (C=O) groups is 2. The molecule has 3 rings (SSSR count). The summed E-state index contributed by atoms with van der Waals surface area (Å²) in [5.74, 6) is -0.721. The lowest BCUT2D eigenvalue weighted by Gasteiger charge is -2.28. The zero-order valence-electron chi connectivity index (χ0n) is 16.1. The first-order valence-corrected chi connectivity index (χ1v) is 9.59. The summed E-state index contributed by atoms with van der Waals surface area (Å²) in [6.45, 7) is 4.76. The number of amides is 1. The van der Waals surface area contributed by atoms with E-state index in [0.29, 0.717) is 12.1 Å². The first-order chi connectivity index (χ1) is 13.6. The lowest BCUT2D eigenvalue weighted by Crippen LogP contribution is -2.36. The van der Waals surface area contributed by atoms with Gasteiger partial charge in [0.15, 0.2) is 6.10 Å². The number of esters is 1. The minimum Gasteiger partial charge on any atom is -0.453 e. The third-order valence-corrected chi connectivity index (χ3v) is 4.65. The first-order valence-electron chi connectivity index (χ1n) is 9.59. The molecule has 1 fully saturated rings. The summed E-state index contributed by atoms with van der Waals surface area (Å²) >= 11 is 0. The number of hydrogen-bond acceptors (Lipinski definition) is 5. The number of aryl methyl sites for hydroxylation is 1. The van der Waals surface area contributed by atoms with E-state index in [-0.39, 0.29) is 18.3 Å². The Morgan fingerprint density at radius 1 is 1.07 bits per heavy atom. The smallest absolute Gasteiger partial charge is 0.306 e. The van der Waals surface area contributed by atoms with Crippen molar-refractivity contribution in [3.05, 3.63) is 60.2 Å². The van der Waals surface area contributed by atoms with Crippen molar-refractivity contribution in [2.45, 2.75) is 25.9 Å². The highest BCUT2D eigenvalue weighted by atomic mass is 16.5. The molecule has 0 radical (unpaired) electrons. The van der Waals surface area contributed by atoms with Crippen LogP contribution in [0.5, 0.6) is 0 Å². The molecule has 6 heteroatoms. The van der Waals surface area contributed by atoms with Crippen LogP contribution >= 0.6 is 0 Å². The number of benzene rings is 2. The standard InChI is InChI=1S/C22H26N2O4/c1-17(28-21(25)12-7-18-5-3-2-4-6-18)22(26)23-19-8-10-20(11-9-19)24-13-15-27-16-14-24/h2-6,8-11,17H,7,12-16H2,1H3,(H,23,26)/t17-/m0/s1. The Hall–Kier alpha value is -2.86. The van der Waals surface area contributed by atoms with Crippen LogP contribution in [0.4, 0.5) is 11.4 Å². The number of rotatable bonds is 7. The molecule has 0 saturated carbocycles. The fourth-order valence-corrected chi connectivity index (χ4v) is 3.02. The van der Waals surface area contributed by atoms with Gasteiger partial charge in [-0.25, -0.2) is 0 Å². The van der Waals surface area contributed by atoms with Crippen molar-refractivity contribution >= 4 is 23.3 Å². The Kier molecular flexibility index (Phi) is 7.03. The van der Waals surface area contributed by atoms with E-state index in [1.54, 1.807) is 6.92 Å². The van der Waals surface area contributed by atoms with E-state index in [9.17, 15) is 9.59 Å². The Bertz CT molecular complexity index is 771. The molecule has 1 heterocycles. The topological polar surface area (TPSA) is 67.9 Å². The van der Waals surface area contributed by atoms with E-state index in [1.165, 1.54) is 0 Å². The predicted molar refractivity (Wildman–Crippen MR) is 108 cm³/mol. The van der Waals surface area contributed by atoms with Gasteiger partial charge in [0.1, 0.15) is 0 Å². The van der Waals surface area contributed by atoms with Crippen molar-refractivity contribution in [1.29, 1.82) is 0 Å². The quantitative estimate of drug-likeness (QED) is 0.746. The molecule has 1 aliphatic rings. The summed E-state index contributed by atoms with van der Waals surface area (Å²) in [4.78, 5) is 26.5. The van der Waals surface area contributed by atoms with E-state index in [2.05, 4.69) is 10.2 Å². The van der Waals surface area contributed by atoms with Crippen molar-refractivity contribution < 1.29 is 19.1 Å². The number of anilines is 2. The number of nitrogens with one attached hydrogen (secondary N) is 1. The molecule has 6 nitrogen and oxygen atoms in total. The van der Waals surface area contributed by atoms with Crippen LogP contribution in [0, 0.1) is 0 Å². The number of carbonyl (C=O) groups excluding carboxylic acids is 2. The molecule has 0 bridgehead atoms. The SMILES string of the molecule is C[C@H](OC(=O)CCc1ccccc1)C(=O)Nc1ccc(N2CCOCC2)cc1. The van der Waals surface area contributed by atoms with Gasteiger partial charge in [-0.1, -0.05) is 30.3 Å². The molecule has 2 aromatic rings. The van der Waals surface area contributed by atoms with Gasteiger partial charge in [-0.15, -0.1) is 0 Å². The third kappa shape index (κ3) is 5.82. The number of morpholine rings is 1. The van der Waals surface area contributed by atoms with Crippen molar-refractivity contribution in [3.8, 4) is 0 Å². The van der Waals surface area contributed by atoms with Crippen molar-refractivity contribution in [3.63, 3.8) is 0 Å². The summed E-state index contributed by atoms with van der Waals surface area (Å²) < 4.78 is 10.6. The number of hydrogen-bond donors (Lipinski definition) is 1. The Morgan fingerprint density at radius 3 is 2.43 bits per heavy atom. The highest BCUT2D eigenvalue weighted by Gasteiger charge is 2.18. The Labute approximate surface area is 165 Å². The largest absolute Gasteiger partial charge is 0.453 e. The van der Waals surface area contributed by atoms with Gasteiger partial charge in [-0.2, -0.15) is 0 Å². The highest BCUT2D eigenvalue weighted by Crippen LogP contribution is 2.19. The number of ether oxygens (including phenoxy) is 2. The van der Waals surface area contributed by atoms with Gasteiger partial charge in [-0.3, -0.25) is 9.59 Å². The van der Waals surface area contributed by atoms with Crippen LogP contribution in [0.2, 0.25) is 0 Å². The molecular weight excluding hydrogens is 356 g/mol. The molecule has 0 aliphatic carbocycles. The second-order valence-corrected chi connectivity index (χ2v) is 6.75. The average Bonchev–Trinajstić information content (AvgIpc) is 2.74. The average molecular weight is 382 g/mol. The van der Waals surface area contributed by atoms with Gasteiger partial charge >= 0.3 is 5.97 Å². The van der Waals surface area contributed by atoms with E-state index in [4.69, 9.17) is 9.47 Å². The van der Waals surface area contributed by atoms with Crippen LogP contribution in [0.1, 0.15) is 18.9 Å². The molecule has 1 N–H and O–H groups in total. The molecule has 28 heavy (non-hydrogen) atoms. The van der Waals surface area contributed by atoms with Crippen LogP contribution in [-0.4, -0.2) is 44.3 Å². The molecular formula is C22H26N2O4. The fourth-order valence-electron chi connectivity index (χ4n) is 3.02. The lowest BCUT2D eigenvalue weighted by atomic mass is 10.1. The molecule has 2 aromatic carbocycles. The summed E-state index contributed by atoms with van der Waals surface area (Å²) in [6, 6.07) is 17.4. The van der Waals surface area contributed by atoms with Crippen LogP contribution in [-0.2, 0) is 25.5 Å². The third-order valence-electron chi connectivity index (χ3n) is 4.65. The summed E-state index contributed by atoms with van der Waals surface area (Å²) in [7, 11) is 0. The monoisotopic (exact) mass is 382 g/mol. The fraction of sp³-hybridized carbons (Fsp3) is 0.364. The zero-order chi connectivity index (χ0) is 19.8. The summed E-state index contributed by atoms with van der Waals surface area (Å²) in [5.41, 5.74) is 2.84. The second kappa shape index (κ2) is 9.90. The maximum atomic E-state index is 12.3. The molecule has 1 atom stereocenters. The summed E-state index contributed by atoms with van der Waals surface area (Å²) in [5, 5.41) is 2.79. The second-order valence-electron chi connectivity index (χ2n) is 6.75. The van der Waals surface area contributed by atoms with E-state index < -0.39 is 6.10 Å². The van der Waals surface area contributed by atoms with Crippen LogP contribution in [0.15, 0.2) is 54.6 Å². The Morgan fingerprint density at radius 2 is 1.75 bits per heavy atom. The van der Waals surface area contributed by atoms with E-state index in [1.807, 2.05) is 54.6 Å². The van der Waals surface area contributed by atoms with Crippen LogP contribution in [0.25, 0.3) is 0 Å². The first kappa shape index (κ1) is 19.9. The van der Waals surface area contributed by atoms with E-state index in [0.717, 1.165) is 37.6 Å². The van der Waals surface area contributed by atoms with Crippen molar-refractivity contribution in [2.75, 3.05) is 36.5 Å². The number of nitrogens with zero attached hydrogens (tertiary/aromatic N) is 1. The van der Waals surface area contributed by atoms with E-state index >= 15 is 0 Å². The van der Waals surface area contributed by atoms with Gasteiger partial charge in [0.25, 0.3) is 5.91 Å². The van der Waals surface area contributed by atoms with Gasteiger partial charge < -0.3 is 19.7 Å². The molecule has 0 spiro atoms. The molecule has 1 aliphatic heterocycles. The normalized spacial score (nSPS) is 15.0. The van der Waals surface area contributed by atoms with Crippen LogP contribution in [0.3, 0.4) is 0 Å². The molecule has 1 amide bonds. The van der Waals surface area contributed by atoms with Gasteiger partial charge in [0.2, 0.25) is 0 Å². The molecule has 0 unspecified atom stereocenters. The minimum absolute atomic E-state index is 0.246. The van der Waals surface area contributed by atoms with Crippen molar-refractivity contribution in [2.24, 2.45) is 0 Å². The zero-order valence-corrected chi connectivity index (χ0v) is 16.1. The Balaban J connectivity index is 1.44. The van der Waals surface area contributed by atoms with Crippen molar-refractivity contribution in [1.82, 2.24) is 0 Å². The summed E-state index contributed by atoms with van der Waals surface area (Å²) in [6.07, 6.45) is -0.00502. The maximum Gasteiger partial charge on any atom is 0.306 e. The maximum absolute atomic E-state index is 12.3. The highest BCUT2D eigenvalue weighted by molar-refractivity contribution is 5.95. The van der Waals surface area contributed by atoms with Gasteiger partial charge in [0.05, 0.1) is 13.2 Å². The van der Waals surface area contributed by atoms with Gasteiger partial charge in [0, 0.05) is 30.9 Å². The lowest BCUT2D eigenvalue weighted by molar-refractivity contribution is -0.153. The molecule has 0 aromatic heterocycles. The predicted octanol–water partition coefficient (Wildman–Crippen LogP) is 3.03. The molecule has 148 valence electrons. The molecule has 1 saturated heterocycles. The minimum atomic E-state index is -0.845. The van der Waals surface area contributed by atoms with Gasteiger partial charge in [-0.05, 0) is 43.2 Å².